The molecular formula is C30H41N3O9. The lowest BCUT2D eigenvalue weighted by Gasteiger charge is -2.64. The minimum atomic E-state index is -1.19. The minimum absolute atomic E-state index is 0.00680. The van der Waals surface area contributed by atoms with E-state index in [1.165, 1.54) is 13.8 Å². The molecule has 0 saturated carbocycles. The number of hydrogen-bond donors (Lipinski definition) is 5. The van der Waals surface area contributed by atoms with Crippen LogP contribution in [0.2, 0.25) is 0 Å². The van der Waals surface area contributed by atoms with Gasteiger partial charge in [-0.2, -0.15) is 0 Å². The summed E-state index contributed by atoms with van der Waals surface area (Å²) in [6.45, 7) is 5.23. The van der Waals surface area contributed by atoms with E-state index in [1.807, 2.05) is 20.0 Å². The van der Waals surface area contributed by atoms with Crippen LogP contribution in [-0.2, 0) is 40.5 Å². The third-order valence-corrected chi connectivity index (χ3v) is 8.85. The normalized spacial score (nSPS) is 26.0. The summed E-state index contributed by atoms with van der Waals surface area (Å²) in [6, 6.07) is 3.38. The van der Waals surface area contributed by atoms with Gasteiger partial charge in [-0.1, -0.05) is 6.07 Å². The first-order valence-electron chi connectivity index (χ1n) is 14.4. The number of aliphatic hydroxyl groups is 2. The predicted octanol–water partition coefficient (Wildman–Crippen LogP) is 0.476. The fourth-order valence-electron chi connectivity index (χ4n) is 6.77. The van der Waals surface area contributed by atoms with E-state index in [1.54, 1.807) is 12.1 Å². The Morgan fingerprint density at radius 2 is 1.67 bits per heavy atom. The second-order valence-corrected chi connectivity index (χ2v) is 11.6. The zero-order valence-electron chi connectivity index (χ0n) is 24.6. The number of hydrogen-bond acceptors (Lipinski definition) is 10. The number of nitrogens with zero attached hydrogens (tertiary/aromatic N) is 1. The summed E-state index contributed by atoms with van der Waals surface area (Å²) in [5.41, 5.74) is 0.787. The lowest BCUT2D eigenvalue weighted by Crippen LogP contribution is -2.73. The van der Waals surface area contributed by atoms with E-state index in [2.05, 4.69) is 15.5 Å². The number of esters is 2. The Balaban J connectivity index is 1.64. The van der Waals surface area contributed by atoms with Crippen LogP contribution in [0.4, 0.5) is 0 Å². The number of carbonyl (C=O) groups is 4. The monoisotopic (exact) mass is 587 g/mol. The van der Waals surface area contributed by atoms with Gasteiger partial charge >= 0.3 is 11.9 Å². The van der Waals surface area contributed by atoms with Crippen LogP contribution in [0.25, 0.3) is 0 Å². The third kappa shape index (κ3) is 5.88. The lowest BCUT2D eigenvalue weighted by molar-refractivity contribution is -0.198. The van der Waals surface area contributed by atoms with Crippen LogP contribution in [0, 0.1) is 6.92 Å². The van der Waals surface area contributed by atoms with Crippen LogP contribution in [0.5, 0.6) is 5.75 Å². The van der Waals surface area contributed by atoms with Gasteiger partial charge in [0, 0.05) is 31.3 Å². The topological polar surface area (TPSA) is 175 Å². The maximum Gasteiger partial charge on any atom is 0.312 e. The van der Waals surface area contributed by atoms with Crippen molar-refractivity contribution >= 4 is 23.8 Å². The van der Waals surface area contributed by atoms with E-state index >= 15 is 0 Å². The number of allylic oxidation sites excluding steroid dienone is 1. The fourth-order valence-corrected chi connectivity index (χ4v) is 6.77. The van der Waals surface area contributed by atoms with Gasteiger partial charge in [-0.15, -0.1) is 0 Å². The molecule has 1 aromatic carbocycles. The van der Waals surface area contributed by atoms with Crippen LogP contribution >= 0.6 is 0 Å². The molecule has 5 atom stereocenters. The SMILES string of the molecule is Cc1c(O)ccc2c1[C@]13CCN(C)[C@H](C2)[C@]1(OC(=O)CCNC(=O)[C@H](C)O)CC=C(OC(=O)CCNC(=O)[C@H](C)O)C3. The first-order valence-corrected chi connectivity index (χ1v) is 14.4. The quantitative estimate of drug-likeness (QED) is 0.242. The summed E-state index contributed by atoms with van der Waals surface area (Å²) in [5.74, 6) is -1.66. The molecule has 3 aliphatic rings. The van der Waals surface area contributed by atoms with Crippen LogP contribution in [-0.4, -0.2) is 94.5 Å². The standard InChI is InChI=1S/C30H41N3O9/c1-17-22(36)6-5-20-15-23-30(42-25(38)9-13-32-28(40)19(3)35)10-7-21(16-29(30,26(17)20)11-14-33(23)4)41-24(37)8-12-31-27(39)18(2)34/h5-7,18-19,23,34-36H,8-16H2,1-4H3,(H,31,39)(H,32,40)/t18-,19-,23+,29+,30+/m0/s1. The molecule has 1 aromatic rings. The Kier molecular flexibility index (Phi) is 9.29. The molecule has 1 heterocycles. The molecule has 42 heavy (non-hydrogen) atoms. The van der Waals surface area contributed by atoms with E-state index in [9.17, 15) is 34.5 Å². The Morgan fingerprint density at radius 1 is 1.05 bits per heavy atom. The molecule has 0 radical (unpaired) electrons. The van der Waals surface area contributed by atoms with E-state index < -0.39 is 47.0 Å². The Bertz CT molecular complexity index is 1280. The lowest BCUT2D eigenvalue weighted by atomic mass is 9.49. The molecule has 1 saturated heterocycles. The van der Waals surface area contributed by atoms with Crippen molar-refractivity contribution in [2.75, 3.05) is 26.7 Å². The number of aliphatic hydroxyl groups excluding tert-OH is 2. The highest BCUT2D eigenvalue weighted by molar-refractivity contribution is 5.81. The van der Waals surface area contributed by atoms with Gasteiger partial charge in [0.15, 0.2) is 0 Å². The maximum absolute atomic E-state index is 13.3. The van der Waals surface area contributed by atoms with Crippen molar-refractivity contribution in [2.24, 2.45) is 0 Å². The van der Waals surface area contributed by atoms with Gasteiger partial charge in [0.05, 0.1) is 18.9 Å². The molecule has 1 aliphatic heterocycles. The van der Waals surface area contributed by atoms with Gasteiger partial charge < -0.3 is 35.4 Å². The second kappa shape index (κ2) is 12.4. The number of nitrogens with one attached hydrogen (secondary N) is 2. The summed E-state index contributed by atoms with van der Waals surface area (Å²) >= 11 is 0. The molecule has 0 spiro atoms. The highest BCUT2D eigenvalue weighted by atomic mass is 16.6. The molecule has 2 aliphatic carbocycles. The smallest absolute Gasteiger partial charge is 0.312 e. The van der Waals surface area contributed by atoms with E-state index in [0.717, 1.165) is 11.1 Å². The van der Waals surface area contributed by atoms with E-state index in [0.29, 0.717) is 30.7 Å². The number of piperidine rings is 1. The largest absolute Gasteiger partial charge is 0.508 e. The molecule has 0 aromatic heterocycles. The molecule has 2 amide bonds. The van der Waals surface area contributed by atoms with Crippen LogP contribution < -0.4 is 10.6 Å². The number of benzene rings is 1. The van der Waals surface area contributed by atoms with Crippen molar-refractivity contribution < 1.29 is 44.0 Å². The fraction of sp³-hybridized carbons (Fsp3) is 0.600. The van der Waals surface area contributed by atoms with Gasteiger partial charge in [-0.05, 0) is 76.0 Å². The molecule has 0 unspecified atom stereocenters. The highest BCUT2D eigenvalue weighted by Gasteiger charge is 2.67. The van der Waals surface area contributed by atoms with Crippen molar-refractivity contribution in [1.82, 2.24) is 15.5 Å². The molecule has 4 rings (SSSR count). The molecule has 12 heteroatoms. The van der Waals surface area contributed by atoms with Crippen LogP contribution in [0.3, 0.4) is 0 Å². The third-order valence-electron chi connectivity index (χ3n) is 8.85. The summed E-state index contributed by atoms with van der Waals surface area (Å²) in [5, 5.41) is 34.5. The molecular weight excluding hydrogens is 546 g/mol. The van der Waals surface area contributed by atoms with Crippen molar-refractivity contribution in [3.05, 3.63) is 40.7 Å². The number of ether oxygens (including phenoxy) is 2. The molecule has 2 bridgehead atoms. The number of amides is 2. The second-order valence-electron chi connectivity index (χ2n) is 11.6. The number of aromatic hydroxyl groups is 1. The van der Waals surface area contributed by atoms with Gasteiger partial charge in [-0.25, -0.2) is 0 Å². The van der Waals surface area contributed by atoms with E-state index in [4.69, 9.17) is 9.47 Å². The summed E-state index contributed by atoms with van der Waals surface area (Å²) in [6.07, 6.45) is 0.898. The average molecular weight is 588 g/mol. The summed E-state index contributed by atoms with van der Waals surface area (Å²) in [4.78, 5) is 51.6. The van der Waals surface area contributed by atoms with Crippen molar-refractivity contribution in [1.29, 1.82) is 0 Å². The minimum Gasteiger partial charge on any atom is -0.508 e. The average Bonchev–Trinajstić information content (AvgIpc) is 2.92. The van der Waals surface area contributed by atoms with Gasteiger partial charge in [0.25, 0.3) is 0 Å². The highest BCUT2D eigenvalue weighted by Crippen LogP contribution is 2.61. The zero-order chi connectivity index (χ0) is 30.8. The summed E-state index contributed by atoms with van der Waals surface area (Å²) in [7, 11) is 1.99. The number of phenolic OH excluding ortho intramolecular Hbond substituents is 1. The zero-order valence-corrected chi connectivity index (χ0v) is 24.6. The predicted molar refractivity (Wildman–Crippen MR) is 150 cm³/mol. The molecule has 1 fully saturated rings. The molecule has 230 valence electrons. The first kappa shape index (κ1) is 31.5. The van der Waals surface area contributed by atoms with Crippen molar-refractivity contribution in [3.63, 3.8) is 0 Å². The number of fused-ring (bicyclic) bond motifs is 1. The number of likely N-dealkylation sites (N-methyl/N-ethyl adjacent to an activating group) is 1. The Labute approximate surface area is 245 Å². The Hall–Kier alpha value is -3.48. The summed E-state index contributed by atoms with van der Waals surface area (Å²) < 4.78 is 12.2. The molecule has 5 N–H and O–H groups in total. The Morgan fingerprint density at radius 3 is 2.29 bits per heavy atom. The first-order chi connectivity index (χ1) is 19.8. The van der Waals surface area contributed by atoms with E-state index in [-0.39, 0.29) is 50.6 Å². The molecule has 12 nitrogen and oxygen atoms in total. The van der Waals surface area contributed by atoms with Crippen molar-refractivity contribution in [2.45, 2.75) is 88.6 Å². The van der Waals surface area contributed by atoms with Crippen molar-refractivity contribution in [3.8, 4) is 5.75 Å². The van der Waals surface area contributed by atoms with Gasteiger partial charge in [0.1, 0.15) is 29.3 Å². The van der Waals surface area contributed by atoms with Gasteiger partial charge in [0.2, 0.25) is 11.8 Å². The number of rotatable bonds is 10. The van der Waals surface area contributed by atoms with Crippen LogP contribution in [0.15, 0.2) is 24.0 Å². The van der Waals surface area contributed by atoms with Gasteiger partial charge in [-0.3, -0.25) is 24.1 Å². The number of phenols is 1. The maximum atomic E-state index is 13.3. The number of carbonyl (C=O) groups excluding carboxylic acids is 4. The number of likely N-dealkylation sites (tertiary alicyclic amines) is 1. The van der Waals surface area contributed by atoms with Crippen LogP contribution in [0.1, 0.15) is 62.6 Å².